The van der Waals surface area contributed by atoms with Gasteiger partial charge in [0.1, 0.15) is 9.20 Å². The topological polar surface area (TPSA) is 19.4 Å². The molecule has 1 aliphatic heterocycles. The molecular weight excluding hydrogens is 473 g/mol. The molecule has 2 aliphatic carbocycles. The van der Waals surface area contributed by atoms with Gasteiger partial charge in [-0.1, -0.05) is 12.8 Å². The first-order valence-electron chi connectivity index (χ1n) is 10.1. The van der Waals surface area contributed by atoms with Crippen molar-refractivity contribution in [1.82, 2.24) is 9.22 Å². The van der Waals surface area contributed by atoms with Gasteiger partial charge in [-0.15, -0.1) is 0 Å². The summed E-state index contributed by atoms with van der Waals surface area (Å²) in [5.74, 6) is 0. The molecule has 2 saturated carbocycles. The molecule has 17 radical (unpaired) electrons. The average Bonchev–Trinajstić information content (AvgIpc) is 3.45. The Morgan fingerprint density at radius 2 is 1.82 bits per heavy atom. The number of aromatic nitrogens is 1. The van der Waals surface area contributed by atoms with E-state index in [9.17, 15) is 0 Å². The molecule has 1 aromatic rings. The van der Waals surface area contributed by atoms with Crippen molar-refractivity contribution in [1.29, 1.82) is 0 Å². The highest BCUT2D eigenvalue weighted by molar-refractivity contribution is 7.18. The van der Waals surface area contributed by atoms with Crippen LogP contribution in [-0.4, -0.2) is 98.9 Å². The fraction of sp³-hybridized carbons (Fsp3) is 0.688. The van der Waals surface area contributed by atoms with E-state index < -0.39 is 0 Å². The van der Waals surface area contributed by atoms with Gasteiger partial charge in [0.05, 0.1) is 0 Å². The minimum Gasteiger partial charge on any atom is -0.502 e. The lowest BCUT2D eigenvalue weighted by Crippen LogP contribution is -2.74. The maximum atomic E-state index is 4.40. The molecule has 1 saturated heterocycles. The first-order valence-corrected chi connectivity index (χ1v) is 21.2. The summed E-state index contributed by atoms with van der Waals surface area (Å²) in [5, 5.41) is 0. The number of pyridine rings is 1. The molecule has 3 fully saturated rings. The van der Waals surface area contributed by atoms with Crippen LogP contribution in [0.2, 0.25) is 0 Å². The Morgan fingerprint density at radius 3 is 2.46 bits per heavy atom. The molecule has 0 N–H and O–H groups in total. The lowest BCUT2D eigenvalue weighted by atomic mass is 10.3. The second-order valence-corrected chi connectivity index (χ2v) is 20.2. The lowest BCUT2D eigenvalue weighted by molar-refractivity contribution is -0.604. The quantitative estimate of drug-likeness (QED) is 0.509. The van der Waals surface area contributed by atoms with Gasteiger partial charge >= 0.3 is 27.6 Å². The van der Waals surface area contributed by atoms with Gasteiger partial charge in [-0.05, 0) is 63.1 Å². The van der Waals surface area contributed by atoms with Crippen molar-refractivity contribution in [2.75, 3.05) is 4.23 Å². The number of quaternary nitrogens is 1. The van der Waals surface area contributed by atoms with Crippen LogP contribution in [0.4, 0.5) is 5.69 Å². The van der Waals surface area contributed by atoms with Crippen LogP contribution in [-0.2, 0) is 0 Å². The summed E-state index contributed by atoms with van der Waals surface area (Å²) in [6.45, 7) is 2.22. The Labute approximate surface area is 190 Å². The monoisotopic (exact) mass is 496 g/mol. The van der Waals surface area contributed by atoms with E-state index in [0.29, 0.717) is 9.20 Å². The van der Waals surface area contributed by atoms with Gasteiger partial charge in [-0.2, -0.15) is 0 Å². The van der Waals surface area contributed by atoms with Crippen LogP contribution in [0.15, 0.2) is 18.5 Å². The van der Waals surface area contributed by atoms with E-state index >= 15 is 0 Å². The third kappa shape index (κ3) is 4.91. The van der Waals surface area contributed by atoms with Gasteiger partial charge < -0.3 is 11.9 Å². The highest BCUT2D eigenvalue weighted by Gasteiger charge is 2.46. The number of hydrogen-bond donors (Lipinski definition) is 0. The molecule has 1 aromatic heterocycles. The summed E-state index contributed by atoms with van der Waals surface area (Å²) in [6, 6.07) is 4.05. The molecule has 2 heterocycles. The molecule has 0 aromatic carbocycles. The van der Waals surface area contributed by atoms with Crippen molar-refractivity contribution < 1.29 is 3.48 Å². The molecule has 4 nitrogen and oxygen atoms in total. The van der Waals surface area contributed by atoms with E-state index in [-0.39, 0.29) is 0 Å². The van der Waals surface area contributed by atoms with Crippen molar-refractivity contribution in [2.24, 2.45) is 0 Å². The Hall–Kier alpha value is 0.605. The maximum Gasteiger partial charge on any atom is 0.347 e. The molecule has 0 atom stereocenters. The smallest absolute Gasteiger partial charge is 0.347 e. The van der Waals surface area contributed by atoms with Gasteiger partial charge in [0.2, 0.25) is 27.6 Å². The molecule has 12 heteroatoms. The van der Waals surface area contributed by atoms with Crippen LogP contribution >= 0.6 is 0 Å². The minimum absolute atomic E-state index is 0.648. The molecule has 139 valence electrons. The summed E-state index contributed by atoms with van der Waals surface area (Å²) in [4.78, 5) is 4.40. The van der Waals surface area contributed by atoms with Gasteiger partial charge in [0.15, 0.2) is 0 Å². The molecule has 0 bridgehead atoms. The fourth-order valence-electron chi connectivity index (χ4n) is 4.25. The largest absolute Gasteiger partial charge is 0.502 e. The molecule has 4 rings (SSSR count). The summed E-state index contributed by atoms with van der Waals surface area (Å²) >= 11 is 0. The molecule has 28 heavy (non-hydrogen) atoms. The van der Waals surface area contributed by atoms with Crippen molar-refractivity contribution in [2.45, 2.75) is 70.4 Å². The van der Waals surface area contributed by atoms with E-state index in [1.54, 1.807) is 0 Å². The number of rotatable bonds is 7. The standard InChI is InChI=1S/C16H24N4Si8/c1-13-10-11-17-12-16(13)19(22-21)25-28-20(15-8-4-5-9-15)26-23-18(24-27-20)14-6-2-3-7-14/h10-12,14-15H,2-9H2,1H3/q+1. The van der Waals surface area contributed by atoms with Crippen LogP contribution in [0.3, 0.4) is 0 Å². The maximum absolute atomic E-state index is 4.40. The van der Waals surface area contributed by atoms with Crippen LogP contribution < -0.4 is 4.23 Å². The molecule has 0 unspecified atom stereocenters. The zero-order valence-corrected chi connectivity index (χ0v) is 24.3. The van der Waals surface area contributed by atoms with Crippen molar-refractivity contribution >= 4 is 79.8 Å². The van der Waals surface area contributed by atoms with E-state index in [1.807, 2.05) is 6.20 Å². The van der Waals surface area contributed by atoms with Gasteiger partial charge in [-0.25, -0.2) is 0 Å². The summed E-state index contributed by atoms with van der Waals surface area (Å²) in [7, 11) is 10.9. The Morgan fingerprint density at radius 1 is 1.14 bits per heavy atom. The number of nitrogens with zero attached hydrogens (tertiary/aromatic N) is 4. The minimum atomic E-state index is 0.648. The van der Waals surface area contributed by atoms with Gasteiger partial charge in [0, 0.05) is 33.9 Å². The van der Waals surface area contributed by atoms with Crippen molar-refractivity contribution in [3.63, 3.8) is 0 Å². The lowest BCUT2D eigenvalue weighted by Gasteiger charge is -2.50. The van der Waals surface area contributed by atoms with Crippen LogP contribution in [0.5, 0.6) is 0 Å². The SMILES string of the molecule is Cc1ccncc1N([Si][Si])[Si][Si][N+]1(C2CCCC2)[Si][Si]N(C2CCCC2)[Si][Si]1. The number of anilines is 1. The molecule has 0 spiro atoms. The summed E-state index contributed by atoms with van der Waals surface area (Å²) in [6.07, 6.45) is 15.8. The predicted molar refractivity (Wildman–Crippen MR) is 124 cm³/mol. The zero-order chi connectivity index (χ0) is 19.4. The van der Waals surface area contributed by atoms with Crippen LogP contribution in [0.1, 0.15) is 56.9 Å². The molecule has 0 amide bonds. The van der Waals surface area contributed by atoms with Crippen LogP contribution in [0, 0.1) is 6.92 Å². The number of aryl methyl sites for hydroxylation is 1. The fourth-order valence-corrected chi connectivity index (χ4v) is 29.0. The van der Waals surface area contributed by atoms with Crippen molar-refractivity contribution in [3.05, 3.63) is 24.0 Å². The average molecular weight is 497 g/mol. The Bertz CT molecular complexity index is 633. The zero-order valence-electron chi connectivity index (χ0n) is 16.3. The Kier molecular flexibility index (Phi) is 8.01. The van der Waals surface area contributed by atoms with Gasteiger partial charge in [-0.3, -0.25) is 4.98 Å². The van der Waals surface area contributed by atoms with Crippen LogP contribution in [0.25, 0.3) is 0 Å². The number of hydrogen-bond acceptors (Lipinski definition) is 3. The predicted octanol–water partition coefficient (Wildman–Crippen LogP) is 0.377. The second kappa shape index (κ2) is 10.3. The van der Waals surface area contributed by atoms with Gasteiger partial charge in [0.25, 0.3) is 0 Å². The second-order valence-electron chi connectivity index (χ2n) is 7.75. The third-order valence-corrected chi connectivity index (χ3v) is 27.5. The highest BCUT2D eigenvalue weighted by atomic mass is 29.3. The first-order chi connectivity index (χ1) is 13.7. The Balaban J connectivity index is 1.44. The highest BCUT2D eigenvalue weighted by Crippen LogP contribution is 2.30. The molecule has 3 aliphatic rings. The third-order valence-electron chi connectivity index (χ3n) is 5.96. The normalized spacial score (nSPS) is 24.1. The van der Waals surface area contributed by atoms with Crippen molar-refractivity contribution in [3.8, 4) is 0 Å². The summed E-state index contributed by atoms with van der Waals surface area (Å²) < 4.78 is 6.99. The van der Waals surface area contributed by atoms with E-state index in [4.69, 9.17) is 0 Å². The van der Waals surface area contributed by atoms with E-state index in [1.165, 1.54) is 66.1 Å². The molecular formula is C16H24N4Si8+. The first kappa shape index (κ1) is 21.8. The van der Waals surface area contributed by atoms with E-state index in [2.05, 4.69) is 42.4 Å². The summed E-state index contributed by atoms with van der Waals surface area (Å²) in [5.41, 5.74) is 2.68. The van der Waals surface area contributed by atoms with E-state index in [0.717, 1.165) is 67.3 Å².